The average molecular weight is 363 g/mol. The van der Waals surface area contributed by atoms with E-state index in [2.05, 4.69) is 3.63 Å². The van der Waals surface area contributed by atoms with Gasteiger partial charge in [0.05, 0.1) is 11.4 Å². The summed E-state index contributed by atoms with van der Waals surface area (Å²) in [5.41, 5.74) is 5.32. The van der Waals surface area contributed by atoms with E-state index in [0.29, 0.717) is 0 Å². The lowest BCUT2D eigenvalue weighted by Crippen LogP contribution is -2.13. The molecule has 0 saturated heterocycles. The van der Waals surface area contributed by atoms with Gasteiger partial charge in [0.15, 0.2) is 0 Å². The van der Waals surface area contributed by atoms with Gasteiger partial charge in [-0.2, -0.15) is 25.3 Å². The molecule has 0 aromatic heterocycles. The van der Waals surface area contributed by atoms with Gasteiger partial charge in [-0.25, -0.2) is 0 Å². The van der Waals surface area contributed by atoms with E-state index in [9.17, 15) is 25.3 Å². The van der Waals surface area contributed by atoms with Crippen LogP contribution in [-0.2, 0) is 34.3 Å². The molecule has 0 aliphatic carbocycles. The zero-order valence-corrected chi connectivity index (χ0v) is 13.0. The fraction of sp³-hybridized carbons (Fsp3) is 0.250. The summed E-state index contributed by atoms with van der Waals surface area (Å²) < 4.78 is 80.8. The second-order valence-electron chi connectivity index (χ2n) is 3.36. The third-order valence-electron chi connectivity index (χ3n) is 1.74. The number of hydrogen-bond acceptors (Lipinski definition) is 8. The molecule has 0 bridgehead atoms. The molecule has 13 heteroatoms. The highest BCUT2D eigenvalue weighted by Crippen LogP contribution is 2.15. The van der Waals surface area contributed by atoms with Crippen molar-refractivity contribution in [3.8, 4) is 0 Å². The molecule has 122 valence electrons. The molecule has 1 aromatic rings. The molecule has 0 aliphatic rings. The number of nitrogen functional groups attached to an aromatic ring is 1. The number of para-hydroxylation sites is 1. The minimum Gasteiger partial charge on any atom is -0.398 e. The lowest BCUT2D eigenvalue weighted by Gasteiger charge is -1.98. The lowest BCUT2D eigenvalue weighted by atomic mass is 10.3. The van der Waals surface area contributed by atoms with E-state index in [0.717, 1.165) is 0 Å². The summed E-state index contributed by atoms with van der Waals surface area (Å²) >= 11 is 0. The van der Waals surface area contributed by atoms with Crippen molar-refractivity contribution in [2.75, 3.05) is 11.5 Å². The van der Waals surface area contributed by atoms with Crippen LogP contribution >= 0.6 is 0 Å². The molecule has 0 aliphatic heterocycles. The van der Waals surface area contributed by atoms with Crippen molar-refractivity contribution in [3.05, 3.63) is 24.3 Å². The first-order chi connectivity index (χ1) is 9.28. The van der Waals surface area contributed by atoms with Gasteiger partial charge < -0.3 is 5.73 Å². The molecule has 4 N–H and O–H groups in total. The van der Waals surface area contributed by atoms with Gasteiger partial charge in [0.2, 0.25) is 0 Å². The number of nitrogens with two attached hydrogens (primary N) is 1. The smallest absolute Gasteiger partial charge is 0.398 e. The van der Waals surface area contributed by atoms with Crippen LogP contribution in [0.5, 0.6) is 0 Å². The topological polar surface area (TPSA) is 178 Å². The van der Waals surface area contributed by atoms with Gasteiger partial charge in [-0.15, -0.1) is 3.63 Å². The Morgan fingerprint density at radius 1 is 1.05 bits per heavy atom. The van der Waals surface area contributed by atoms with Crippen molar-refractivity contribution in [2.45, 2.75) is 11.8 Å². The zero-order chi connectivity index (χ0) is 16.9. The normalized spacial score (nSPS) is 12.3. The van der Waals surface area contributed by atoms with Gasteiger partial charge in [0.25, 0.3) is 20.2 Å². The van der Waals surface area contributed by atoms with Crippen molar-refractivity contribution in [1.82, 2.24) is 0 Å². The van der Waals surface area contributed by atoms with E-state index in [1.165, 1.54) is 25.1 Å². The molecule has 0 atom stereocenters. The highest BCUT2D eigenvalue weighted by Gasteiger charge is 2.17. The molecule has 1 aromatic carbocycles. The third kappa shape index (κ3) is 8.59. The molecular weight excluding hydrogens is 350 g/mol. The van der Waals surface area contributed by atoms with Gasteiger partial charge in [0, 0.05) is 0 Å². The summed E-state index contributed by atoms with van der Waals surface area (Å²) in [5.74, 6) is -0.507. The Morgan fingerprint density at radius 3 is 1.76 bits per heavy atom. The summed E-state index contributed by atoms with van der Waals surface area (Å²) in [6, 6.07) is 5.72. The van der Waals surface area contributed by atoms with Crippen molar-refractivity contribution < 1.29 is 38.0 Å². The van der Waals surface area contributed by atoms with Crippen LogP contribution in [0.25, 0.3) is 0 Å². The lowest BCUT2D eigenvalue weighted by molar-refractivity contribution is 0.384. The molecule has 10 nitrogen and oxygen atoms in total. The molecule has 0 radical (unpaired) electrons. The maximum Gasteiger partial charge on any atom is 0.412 e. The fourth-order valence-electron chi connectivity index (χ4n) is 0.895. The molecular formula is C8H13NO9S3. The van der Waals surface area contributed by atoms with Crippen LogP contribution in [-0.4, -0.2) is 40.1 Å². The van der Waals surface area contributed by atoms with Gasteiger partial charge in [0.1, 0.15) is 4.90 Å². The molecule has 1 rings (SSSR count). The number of hydrogen-bond donors (Lipinski definition) is 3. The van der Waals surface area contributed by atoms with Gasteiger partial charge >= 0.3 is 10.4 Å². The van der Waals surface area contributed by atoms with Crippen LogP contribution in [0.1, 0.15) is 6.92 Å². The highest BCUT2D eigenvalue weighted by atomic mass is 32.3. The summed E-state index contributed by atoms with van der Waals surface area (Å²) in [6.45, 7) is 1.18. The Hall–Kier alpha value is -1.25. The van der Waals surface area contributed by atoms with Crippen molar-refractivity contribution in [3.63, 3.8) is 0 Å². The number of benzene rings is 1. The van der Waals surface area contributed by atoms with E-state index < -0.39 is 36.4 Å². The summed E-state index contributed by atoms with van der Waals surface area (Å²) in [6.07, 6.45) is 0. The Labute approximate surface area is 122 Å². The van der Waals surface area contributed by atoms with Crippen LogP contribution in [0.3, 0.4) is 0 Å². The van der Waals surface area contributed by atoms with Crippen LogP contribution in [0.2, 0.25) is 0 Å². The summed E-state index contributed by atoms with van der Waals surface area (Å²) in [7, 11) is -13.2. The van der Waals surface area contributed by atoms with Crippen LogP contribution in [0.15, 0.2) is 29.2 Å². The van der Waals surface area contributed by atoms with Gasteiger partial charge in [-0.1, -0.05) is 12.1 Å². The minimum atomic E-state index is -4.88. The molecule has 0 spiro atoms. The Bertz CT molecular complexity index is 780. The van der Waals surface area contributed by atoms with E-state index in [1.807, 2.05) is 0 Å². The van der Waals surface area contributed by atoms with Crippen LogP contribution in [0.4, 0.5) is 5.69 Å². The zero-order valence-electron chi connectivity index (χ0n) is 10.6. The predicted molar refractivity (Wildman–Crippen MR) is 72.8 cm³/mol. The summed E-state index contributed by atoms with van der Waals surface area (Å²) in [4.78, 5) is -0.250. The predicted octanol–water partition coefficient (Wildman–Crippen LogP) is -0.329. The van der Waals surface area contributed by atoms with E-state index in [4.69, 9.17) is 14.8 Å². The maximum absolute atomic E-state index is 10.5. The average Bonchev–Trinajstić information content (AvgIpc) is 2.26. The molecule has 21 heavy (non-hydrogen) atoms. The largest absolute Gasteiger partial charge is 0.412 e. The molecule has 0 amide bonds. The minimum absolute atomic E-state index is 0.0509. The quantitative estimate of drug-likeness (QED) is 0.473. The Kier molecular flexibility index (Phi) is 6.72. The second-order valence-corrected chi connectivity index (χ2v) is 7.84. The maximum atomic E-state index is 10.5. The van der Waals surface area contributed by atoms with Crippen molar-refractivity contribution in [2.24, 2.45) is 0 Å². The van der Waals surface area contributed by atoms with Gasteiger partial charge in [-0.05, 0) is 19.1 Å². The van der Waals surface area contributed by atoms with E-state index >= 15 is 0 Å². The number of anilines is 1. The van der Waals surface area contributed by atoms with Crippen molar-refractivity contribution >= 4 is 36.3 Å². The van der Waals surface area contributed by atoms with Crippen molar-refractivity contribution in [1.29, 1.82) is 0 Å². The molecule has 0 heterocycles. The molecule has 0 fully saturated rings. The molecule has 0 unspecified atom stereocenters. The number of rotatable bonds is 4. The molecule has 0 saturated carbocycles. The first-order valence-corrected chi connectivity index (χ1v) is 9.40. The van der Waals surface area contributed by atoms with E-state index in [1.54, 1.807) is 6.07 Å². The van der Waals surface area contributed by atoms with Gasteiger partial charge in [-0.3, -0.25) is 9.11 Å². The third-order valence-corrected chi connectivity index (χ3v) is 4.89. The van der Waals surface area contributed by atoms with E-state index in [-0.39, 0.29) is 10.6 Å². The monoisotopic (exact) mass is 363 g/mol. The SMILES string of the molecule is CCS(=O)(=O)OS(=O)(=O)O.Nc1ccccc1S(=O)(=O)O. The summed E-state index contributed by atoms with van der Waals surface area (Å²) in [5, 5.41) is 0. The Balaban J connectivity index is 0.000000384. The fourth-order valence-corrected chi connectivity index (χ4v) is 2.94. The standard InChI is InChI=1S/C6H7NO3S.C2H6O6S2/c7-5-3-1-2-4-6(5)11(8,9)10;1-2-9(3,4)8-10(5,6)7/h1-4H,7H2,(H,8,9,10);2H2,1H3,(H,5,6,7). The first-order valence-electron chi connectivity index (χ1n) is 5.01. The second kappa shape index (κ2) is 7.15. The van der Waals surface area contributed by atoms with Crippen LogP contribution in [0, 0.1) is 0 Å². The van der Waals surface area contributed by atoms with Crippen LogP contribution < -0.4 is 5.73 Å². The Morgan fingerprint density at radius 2 is 1.52 bits per heavy atom. The highest BCUT2D eigenvalue weighted by molar-refractivity contribution is 7.97. The first kappa shape index (κ1) is 19.8.